The summed E-state index contributed by atoms with van der Waals surface area (Å²) in [6, 6.07) is 1.90. The maximum Gasteiger partial charge on any atom is 0.326 e. The van der Waals surface area contributed by atoms with E-state index in [4.69, 9.17) is 9.52 Å². The monoisotopic (exact) mass is 311 g/mol. The number of amides is 3. The van der Waals surface area contributed by atoms with Gasteiger partial charge in [-0.1, -0.05) is 20.3 Å². The maximum atomic E-state index is 11.7. The molecule has 3 amide bonds. The predicted molar refractivity (Wildman–Crippen MR) is 78.0 cm³/mol. The number of hydrogen-bond donors (Lipinski definition) is 4. The van der Waals surface area contributed by atoms with Gasteiger partial charge in [0.2, 0.25) is 5.91 Å². The van der Waals surface area contributed by atoms with E-state index in [0.717, 1.165) is 0 Å². The Morgan fingerprint density at radius 2 is 2.05 bits per heavy atom. The average molecular weight is 311 g/mol. The molecule has 0 fully saturated rings. The van der Waals surface area contributed by atoms with Crippen LogP contribution in [0.5, 0.6) is 0 Å². The molecule has 8 heteroatoms. The second-order valence-corrected chi connectivity index (χ2v) is 4.88. The SMILES string of the molecule is CCC(C)C(NC(=O)CNC(=O)NCc1ccco1)C(=O)O. The number of furan rings is 1. The van der Waals surface area contributed by atoms with Gasteiger partial charge in [-0.25, -0.2) is 9.59 Å². The number of carbonyl (C=O) groups is 3. The number of urea groups is 1. The third-order valence-corrected chi connectivity index (χ3v) is 3.21. The molecule has 0 aliphatic rings. The second-order valence-electron chi connectivity index (χ2n) is 4.88. The summed E-state index contributed by atoms with van der Waals surface area (Å²) < 4.78 is 5.04. The minimum Gasteiger partial charge on any atom is -0.480 e. The molecule has 0 saturated heterocycles. The largest absolute Gasteiger partial charge is 0.480 e. The molecule has 1 heterocycles. The van der Waals surface area contributed by atoms with Crippen molar-refractivity contribution in [1.29, 1.82) is 0 Å². The van der Waals surface area contributed by atoms with E-state index in [0.29, 0.717) is 12.2 Å². The van der Waals surface area contributed by atoms with E-state index in [1.165, 1.54) is 6.26 Å². The fourth-order valence-corrected chi connectivity index (χ4v) is 1.71. The molecule has 0 aromatic carbocycles. The lowest BCUT2D eigenvalue weighted by molar-refractivity contribution is -0.143. The van der Waals surface area contributed by atoms with Crippen molar-refractivity contribution in [3.63, 3.8) is 0 Å². The molecule has 0 bridgehead atoms. The highest BCUT2D eigenvalue weighted by Gasteiger charge is 2.25. The zero-order chi connectivity index (χ0) is 16.5. The van der Waals surface area contributed by atoms with Gasteiger partial charge in [-0.15, -0.1) is 0 Å². The molecule has 22 heavy (non-hydrogen) atoms. The van der Waals surface area contributed by atoms with E-state index in [2.05, 4.69) is 16.0 Å². The van der Waals surface area contributed by atoms with Crippen molar-refractivity contribution >= 4 is 17.9 Å². The van der Waals surface area contributed by atoms with Crippen LogP contribution in [0, 0.1) is 5.92 Å². The number of hydrogen-bond acceptors (Lipinski definition) is 4. The van der Waals surface area contributed by atoms with Crippen molar-refractivity contribution in [1.82, 2.24) is 16.0 Å². The minimum absolute atomic E-state index is 0.199. The number of nitrogens with one attached hydrogen (secondary N) is 3. The summed E-state index contributed by atoms with van der Waals surface area (Å²) in [4.78, 5) is 34.3. The molecular formula is C14H21N3O5. The zero-order valence-electron chi connectivity index (χ0n) is 12.6. The molecule has 1 aromatic rings. The Bertz CT molecular complexity index is 501. The van der Waals surface area contributed by atoms with Crippen LogP contribution < -0.4 is 16.0 Å². The number of carboxylic acid groups (broad SMARTS) is 1. The maximum absolute atomic E-state index is 11.7. The topological polar surface area (TPSA) is 121 Å². The van der Waals surface area contributed by atoms with E-state index in [1.54, 1.807) is 19.1 Å². The molecule has 0 radical (unpaired) electrons. The van der Waals surface area contributed by atoms with Gasteiger partial charge >= 0.3 is 12.0 Å². The fourth-order valence-electron chi connectivity index (χ4n) is 1.71. The summed E-state index contributed by atoms with van der Waals surface area (Å²) in [5.41, 5.74) is 0. The normalized spacial score (nSPS) is 13.0. The molecular weight excluding hydrogens is 290 g/mol. The molecule has 8 nitrogen and oxygen atoms in total. The standard InChI is InChI=1S/C14H21N3O5/c1-3-9(2)12(13(19)20)17-11(18)8-16-14(21)15-7-10-5-4-6-22-10/h4-6,9,12H,3,7-8H2,1-2H3,(H,17,18)(H,19,20)(H2,15,16,21). The van der Waals surface area contributed by atoms with E-state index >= 15 is 0 Å². The van der Waals surface area contributed by atoms with Crippen LogP contribution in [0.25, 0.3) is 0 Å². The van der Waals surface area contributed by atoms with Crippen LogP contribution in [0.3, 0.4) is 0 Å². The smallest absolute Gasteiger partial charge is 0.326 e. The van der Waals surface area contributed by atoms with Crippen molar-refractivity contribution in [2.75, 3.05) is 6.54 Å². The first-order valence-corrected chi connectivity index (χ1v) is 7.00. The van der Waals surface area contributed by atoms with Crippen LogP contribution >= 0.6 is 0 Å². The predicted octanol–water partition coefficient (Wildman–Crippen LogP) is 0.694. The molecule has 2 atom stereocenters. The van der Waals surface area contributed by atoms with Crippen LogP contribution in [0.1, 0.15) is 26.0 Å². The van der Waals surface area contributed by atoms with E-state index in [-0.39, 0.29) is 19.0 Å². The molecule has 0 saturated carbocycles. The van der Waals surface area contributed by atoms with Crippen molar-refractivity contribution in [3.8, 4) is 0 Å². The van der Waals surface area contributed by atoms with E-state index in [1.807, 2.05) is 6.92 Å². The van der Waals surface area contributed by atoms with Crippen molar-refractivity contribution in [2.24, 2.45) is 5.92 Å². The van der Waals surface area contributed by atoms with Crippen molar-refractivity contribution < 1.29 is 23.9 Å². The third-order valence-electron chi connectivity index (χ3n) is 3.21. The summed E-state index contributed by atoms with van der Waals surface area (Å²) in [5.74, 6) is -1.26. The van der Waals surface area contributed by atoms with Gasteiger partial charge in [0.1, 0.15) is 11.8 Å². The number of carbonyl (C=O) groups excluding carboxylic acids is 2. The highest BCUT2D eigenvalue weighted by atomic mass is 16.4. The Hall–Kier alpha value is -2.51. The molecule has 0 aliphatic heterocycles. The summed E-state index contributed by atoms with van der Waals surface area (Å²) >= 11 is 0. The number of aliphatic carboxylic acids is 1. The molecule has 0 spiro atoms. The molecule has 122 valence electrons. The zero-order valence-corrected chi connectivity index (χ0v) is 12.6. The van der Waals surface area contributed by atoms with Crippen molar-refractivity contribution in [2.45, 2.75) is 32.9 Å². The van der Waals surface area contributed by atoms with Crippen LogP contribution in [0.15, 0.2) is 22.8 Å². The van der Waals surface area contributed by atoms with Gasteiger partial charge in [0.15, 0.2) is 0 Å². The van der Waals surface area contributed by atoms with Gasteiger partial charge in [-0.2, -0.15) is 0 Å². The Labute approximate surface area is 128 Å². The van der Waals surface area contributed by atoms with Gasteiger partial charge in [-0.3, -0.25) is 4.79 Å². The average Bonchev–Trinajstić information content (AvgIpc) is 3.00. The summed E-state index contributed by atoms with van der Waals surface area (Å²) in [7, 11) is 0. The lowest BCUT2D eigenvalue weighted by Crippen LogP contribution is -2.49. The van der Waals surface area contributed by atoms with Gasteiger partial charge in [0, 0.05) is 0 Å². The first-order valence-electron chi connectivity index (χ1n) is 7.00. The Balaban J connectivity index is 2.32. The summed E-state index contributed by atoms with van der Waals surface area (Å²) in [6.45, 7) is 3.48. The fraction of sp³-hybridized carbons (Fsp3) is 0.500. The Kier molecular flexibility index (Phi) is 6.94. The lowest BCUT2D eigenvalue weighted by atomic mass is 9.99. The summed E-state index contributed by atoms with van der Waals surface area (Å²) in [6.07, 6.45) is 2.11. The highest BCUT2D eigenvalue weighted by Crippen LogP contribution is 2.07. The van der Waals surface area contributed by atoms with Gasteiger partial charge in [0.25, 0.3) is 0 Å². The van der Waals surface area contributed by atoms with Crippen LogP contribution in [-0.2, 0) is 16.1 Å². The van der Waals surface area contributed by atoms with Gasteiger partial charge in [-0.05, 0) is 18.1 Å². The minimum atomic E-state index is -1.09. The van der Waals surface area contributed by atoms with E-state index < -0.39 is 23.9 Å². The van der Waals surface area contributed by atoms with Gasteiger partial charge < -0.3 is 25.5 Å². The first-order chi connectivity index (χ1) is 10.4. The molecule has 0 aliphatic carbocycles. The van der Waals surface area contributed by atoms with Crippen LogP contribution in [0.4, 0.5) is 4.79 Å². The lowest BCUT2D eigenvalue weighted by Gasteiger charge is -2.20. The highest BCUT2D eigenvalue weighted by molar-refractivity contribution is 5.87. The summed E-state index contributed by atoms with van der Waals surface area (Å²) in [5, 5.41) is 16.3. The quantitative estimate of drug-likeness (QED) is 0.563. The molecule has 1 rings (SSSR count). The third kappa shape index (κ3) is 5.86. The Morgan fingerprint density at radius 3 is 2.59 bits per heavy atom. The van der Waals surface area contributed by atoms with Crippen LogP contribution in [0.2, 0.25) is 0 Å². The molecule has 2 unspecified atom stereocenters. The molecule has 4 N–H and O–H groups in total. The number of carboxylic acids is 1. The van der Waals surface area contributed by atoms with E-state index in [9.17, 15) is 14.4 Å². The number of rotatable bonds is 8. The van der Waals surface area contributed by atoms with Crippen molar-refractivity contribution in [3.05, 3.63) is 24.2 Å². The first kappa shape index (κ1) is 17.5. The van der Waals surface area contributed by atoms with Gasteiger partial charge in [0.05, 0.1) is 19.4 Å². The Morgan fingerprint density at radius 1 is 1.32 bits per heavy atom. The second kappa shape index (κ2) is 8.71. The van der Waals surface area contributed by atoms with Crippen LogP contribution in [-0.4, -0.2) is 35.6 Å². The molecule has 1 aromatic heterocycles.